The third-order valence-corrected chi connectivity index (χ3v) is 2.89. The first-order valence-electron chi connectivity index (χ1n) is 6.35. The van der Waals surface area contributed by atoms with Crippen LogP contribution >= 0.6 is 0 Å². The summed E-state index contributed by atoms with van der Waals surface area (Å²) in [7, 11) is 1.56. The molecule has 0 saturated heterocycles. The van der Waals surface area contributed by atoms with E-state index in [1.807, 2.05) is 19.9 Å². The Hall–Kier alpha value is -2.04. The average molecular weight is 263 g/mol. The Labute approximate surface area is 113 Å². The molecule has 0 unspecified atom stereocenters. The third kappa shape index (κ3) is 3.98. The monoisotopic (exact) mass is 263 g/mol. The van der Waals surface area contributed by atoms with Gasteiger partial charge in [0.05, 0.1) is 6.54 Å². The highest BCUT2D eigenvalue weighted by atomic mass is 16.2. The van der Waals surface area contributed by atoms with Crippen molar-refractivity contribution >= 4 is 17.5 Å². The number of hydrogen-bond donors (Lipinski definition) is 2. The van der Waals surface area contributed by atoms with E-state index in [-0.39, 0.29) is 18.4 Å². The van der Waals surface area contributed by atoms with E-state index in [0.29, 0.717) is 17.8 Å². The van der Waals surface area contributed by atoms with Gasteiger partial charge in [-0.3, -0.25) is 9.59 Å². The summed E-state index contributed by atoms with van der Waals surface area (Å²) in [5, 5.41) is 2.53. The maximum Gasteiger partial charge on any atom is 0.254 e. The standard InChI is InChI=1S/C14H21N3O2/c1-4-7-17(9-13(18)16-3)14(19)12-8-11(15)6-5-10(12)2/h5-6,8H,4,7,9,15H2,1-3H3,(H,16,18). The maximum atomic E-state index is 12.4. The fourth-order valence-electron chi connectivity index (χ4n) is 1.82. The van der Waals surface area contributed by atoms with Crippen LogP contribution in [0, 0.1) is 6.92 Å². The largest absolute Gasteiger partial charge is 0.399 e. The van der Waals surface area contributed by atoms with Gasteiger partial charge in [0.15, 0.2) is 0 Å². The average Bonchev–Trinajstić information content (AvgIpc) is 2.40. The number of carbonyl (C=O) groups excluding carboxylic acids is 2. The van der Waals surface area contributed by atoms with Gasteiger partial charge in [-0.15, -0.1) is 0 Å². The lowest BCUT2D eigenvalue weighted by atomic mass is 10.1. The number of carbonyl (C=O) groups is 2. The first-order chi connectivity index (χ1) is 8.99. The smallest absolute Gasteiger partial charge is 0.254 e. The minimum atomic E-state index is -0.177. The summed E-state index contributed by atoms with van der Waals surface area (Å²) >= 11 is 0. The van der Waals surface area contributed by atoms with Gasteiger partial charge in [0, 0.05) is 24.8 Å². The summed E-state index contributed by atoms with van der Waals surface area (Å²) in [4.78, 5) is 25.4. The molecule has 19 heavy (non-hydrogen) atoms. The Morgan fingerprint density at radius 3 is 2.63 bits per heavy atom. The molecule has 0 atom stereocenters. The topological polar surface area (TPSA) is 75.4 Å². The fraction of sp³-hybridized carbons (Fsp3) is 0.429. The molecule has 0 fully saturated rings. The zero-order valence-corrected chi connectivity index (χ0v) is 11.7. The molecule has 5 heteroatoms. The molecule has 1 aromatic carbocycles. The van der Waals surface area contributed by atoms with Crippen LogP contribution < -0.4 is 11.1 Å². The molecular formula is C14H21N3O2. The first-order valence-corrected chi connectivity index (χ1v) is 6.35. The van der Waals surface area contributed by atoms with Crippen LogP contribution in [0.4, 0.5) is 5.69 Å². The van der Waals surface area contributed by atoms with Gasteiger partial charge < -0.3 is 16.0 Å². The maximum absolute atomic E-state index is 12.4. The first kappa shape index (κ1) is 15.0. The van der Waals surface area contributed by atoms with Gasteiger partial charge in [-0.25, -0.2) is 0 Å². The fourth-order valence-corrected chi connectivity index (χ4v) is 1.82. The second kappa shape index (κ2) is 6.78. The highest BCUT2D eigenvalue weighted by Gasteiger charge is 2.19. The summed E-state index contributed by atoms with van der Waals surface area (Å²) in [5.74, 6) is -0.335. The van der Waals surface area contributed by atoms with E-state index in [0.717, 1.165) is 12.0 Å². The molecule has 2 amide bonds. The number of nitrogens with zero attached hydrogens (tertiary/aromatic N) is 1. The van der Waals surface area contributed by atoms with Crippen molar-refractivity contribution in [3.05, 3.63) is 29.3 Å². The molecule has 1 aromatic rings. The van der Waals surface area contributed by atoms with Crippen LogP contribution in [0.15, 0.2) is 18.2 Å². The number of benzene rings is 1. The molecule has 0 aliphatic rings. The zero-order valence-electron chi connectivity index (χ0n) is 11.7. The molecule has 0 radical (unpaired) electrons. The van der Waals surface area contributed by atoms with E-state index in [2.05, 4.69) is 5.32 Å². The number of nitrogens with two attached hydrogens (primary N) is 1. The van der Waals surface area contributed by atoms with Gasteiger partial charge in [-0.1, -0.05) is 13.0 Å². The van der Waals surface area contributed by atoms with Crippen molar-refractivity contribution in [1.29, 1.82) is 0 Å². The Morgan fingerprint density at radius 1 is 1.37 bits per heavy atom. The summed E-state index contributed by atoms with van der Waals surface area (Å²) in [6.07, 6.45) is 0.796. The van der Waals surface area contributed by atoms with Gasteiger partial charge in [-0.2, -0.15) is 0 Å². The van der Waals surface area contributed by atoms with Crippen molar-refractivity contribution in [2.75, 3.05) is 25.9 Å². The number of rotatable bonds is 5. The van der Waals surface area contributed by atoms with Crippen LogP contribution in [-0.4, -0.2) is 36.9 Å². The van der Waals surface area contributed by atoms with E-state index >= 15 is 0 Å². The van der Waals surface area contributed by atoms with E-state index in [1.54, 1.807) is 24.1 Å². The second-order valence-corrected chi connectivity index (χ2v) is 4.47. The summed E-state index contributed by atoms with van der Waals surface area (Å²) in [6, 6.07) is 5.23. The van der Waals surface area contributed by atoms with Gasteiger partial charge in [0.2, 0.25) is 5.91 Å². The Balaban J connectivity index is 2.98. The van der Waals surface area contributed by atoms with Crippen LogP contribution in [0.3, 0.4) is 0 Å². The van der Waals surface area contributed by atoms with Gasteiger partial charge in [0.1, 0.15) is 0 Å². The summed E-state index contributed by atoms with van der Waals surface area (Å²) < 4.78 is 0. The van der Waals surface area contributed by atoms with Crippen LogP contribution in [0.5, 0.6) is 0 Å². The Kier molecular flexibility index (Phi) is 5.36. The molecule has 0 bridgehead atoms. The van der Waals surface area contributed by atoms with Gasteiger partial charge >= 0.3 is 0 Å². The van der Waals surface area contributed by atoms with Crippen molar-refractivity contribution in [2.45, 2.75) is 20.3 Å². The van der Waals surface area contributed by atoms with Gasteiger partial charge in [0.25, 0.3) is 5.91 Å². The number of nitrogen functional groups attached to an aromatic ring is 1. The molecule has 0 saturated carbocycles. The van der Waals surface area contributed by atoms with E-state index < -0.39 is 0 Å². The molecular weight excluding hydrogens is 242 g/mol. The minimum Gasteiger partial charge on any atom is -0.399 e. The molecule has 0 aliphatic heterocycles. The van der Waals surface area contributed by atoms with Crippen molar-refractivity contribution in [3.8, 4) is 0 Å². The highest BCUT2D eigenvalue weighted by molar-refractivity contribution is 5.98. The van der Waals surface area contributed by atoms with Crippen molar-refractivity contribution < 1.29 is 9.59 Å². The molecule has 1 rings (SSSR count). The third-order valence-electron chi connectivity index (χ3n) is 2.89. The number of amides is 2. The summed E-state index contributed by atoms with van der Waals surface area (Å²) in [6.45, 7) is 4.44. The van der Waals surface area contributed by atoms with Crippen molar-refractivity contribution in [3.63, 3.8) is 0 Å². The molecule has 5 nitrogen and oxygen atoms in total. The lowest BCUT2D eigenvalue weighted by molar-refractivity contribution is -0.121. The Morgan fingerprint density at radius 2 is 2.05 bits per heavy atom. The molecule has 104 valence electrons. The number of aryl methyl sites for hydroxylation is 1. The molecule has 0 spiro atoms. The van der Waals surface area contributed by atoms with Crippen molar-refractivity contribution in [2.24, 2.45) is 0 Å². The minimum absolute atomic E-state index is 0.0669. The van der Waals surface area contributed by atoms with E-state index in [4.69, 9.17) is 5.73 Å². The quantitative estimate of drug-likeness (QED) is 0.783. The van der Waals surface area contributed by atoms with Crippen LogP contribution in [0.1, 0.15) is 29.3 Å². The van der Waals surface area contributed by atoms with Crippen LogP contribution in [0.2, 0.25) is 0 Å². The zero-order chi connectivity index (χ0) is 14.4. The molecule has 0 heterocycles. The van der Waals surface area contributed by atoms with Gasteiger partial charge in [-0.05, 0) is 31.0 Å². The van der Waals surface area contributed by atoms with Crippen molar-refractivity contribution in [1.82, 2.24) is 10.2 Å². The number of anilines is 1. The normalized spacial score (nSPS) is 10.1. The Bertz CT molecular complexity index is 472. The number of hydrogen-bond acceptors (Lipinski definition) is 3. The molecule has 0 aliphatic carbocycles. The van der Waals surface area contributed by atoms with Crippen LogP contribution in [0.25, 0.3) is 0 Å². The molecule has 3 N–H and O–H groups in total. The lowest BCUT2D eigenvalue weighted by Gasteiger charge is -2.22. The predicted octanol–water partition coefficient (Wildman–Crippen LogP) is 1.18. The molecule has 0 aromatic heterocycles. The SMILES string of the molecule is CCCN(CC(=O)NC)C(=O)c1cc(N)ccc1C. The highest BCUT2D eigenvalue weighted by Crippen LogP contribution is 2.15. The van der Waals surface area contributed by atoms with Crippen LogP contribution in [-0.2, 0) is 4.79 Å². The number of likely N-dealkylation sites (N-methyl/N-ethyl adjacent to an activating group) is 1. The van der Waals surface area contributed by atoms with E-state index in [1.165, 1.54) is 0 Å². The lowest BCUT2D eigenvalue weighted by Crippen LogP contribution is -2.40. The second-order valence-electron chi connectivity index (χ2n) is 4.47. The summed E-state index contributed by atoms with van der Waals surface area (Å²) in [5.41, 5.74) is 7.68. The number of nitrogens with one attached hydrogen (secondary N) is 1. The van der Waals surface area contributed by atoms with E-state index in [9.17, 15) is 9.59 Å². The predicted molar refractivity (Wildman–Crippen MR) is 75.9 cm³/mol.